The highest BCUT2D eigenvalue weighted by Gasteiger charge is 2.28. The Hall–Kier alpha value is -1.31. The number of methoxy groups -OCH3 is 2. The maximum atomic E-state index is 12.5. The summed E-state index contributed by atoms with van der Waals surface area (Å²) in [7, 11) is 0.510. The monoisotopic (exact) mass is 289 g/mol. The first-order valence-corrected chi connectivity index (χ1v) is 7.13. The standard InChI is InChI=1S/C12H19NO5S/c1-9(8-14)13(2)19(15,16)12-7-10(17-3)5-6-11(12)18-4/h5-7,9,14H,8H2,1-4H3. The number of ether oxygens (including phenoxy) is 2. The lowest BCUT2D eigenvalue weighted by molar-refractivity contribution is 0.213. The largest absolute Gasteiger partial charge is 0.497 e. The second-order valence-corrected chi connectivity index (χ2v) is 6.04. The van der Waals surface area contributed by atoms with Crippen molar-refractivity contribution in [2.75, 3.05) is 27.9 Å². The zero-order valence-corrected chi connectivity index (χ0v) is 12.3. The summed E-state index contributed by atoms with van der Waals surface area (Å²) in [5.41, 5.74) is 0. The summed E-state index contributed by atoms with van der Waals surface area (Å²) >= 11 is 0. The molecule has 0 aliphatic carbocycles. The molecule has 0 saturated carbocycles. The fourth-order valence-electron chi connectivity index (χ4n) is 1.49. The van der Waals surface area contributed by atoms with E-state index in [2.05, 4.69) is 0 Å². The Labute approximate surface area is 113 Å². The Bertz CT molecular complexity index is 529. The van der Waals surface area contributed by atoms with Crippen LogP contribution in [0.2, 0.25) is 0 Å². The third kappa shape index (κ3) is 3.17. The maximum Gasteiger partial charge on any atom is 0.246 e. The zero-order valence-electron chi connectivity index (χ0n) is 11.5. The summed E-state index contributed by atoms with van der Waals surface area (Å²) in [4.78, 5) is 0.0112. The number of aliphatic hydroxyl groups is 1. The molecular formula is C12H19NO5S. The molecule has 0 saturated heterocycles. The van der Waals surface area contributed by atoms with Gasteiger partial charge in [0.2, 0.25) is 10.0 Å². The molecule has 0 radical (unpaired) electrons. The number of aliphatic hydroxyl groups excluding tert-OH is 1. The van der Waals surface area contributed by atoms with Crippen LogP contribution in [0.25, 0.3) is 0 Å². The number of likely N-dealkylation sites (N-methyl/N-ethyl adjacent to an activating group) is 1. The lowest BCUT2D eigenvalue weighted by atomic mass is 10.3. The SMILES string of the molecule is COc1ccc(OC)c(S(=O)(=O)N(C)C(C)CO)c1. The van der Waals surface area contributed by atoms with Crippen LogP contribution in [0.1, 0.15) is 6.92 Å². The highest BCUT2D eigenvalue weighted by Crippen LogP contribution is 2.30. The highest BCUT2D eigenvalue weighted by molar-refractivity contribution is 7.89. The van der Waals surface area contributed by atoms with Crippen LogP contribution in [0.4, 0.5) is 0 Å². The van der Waals surface area contributed by atoms with Crippen LogP contribution in [-0.4, -0.2) is 51.7 Å². The Morgan fingerprint density at radius 3 is 2.42 bits per heavy atom. The van der Waals surface area contributed by atoms with Crippen LogP contribution in [0.5, 0.6) is 11.5 Å². The summed E-state index contributed by atoms with van der Waals surface area (Å²) in [5.74, 6) is 0.655. The normalized spacial score (nSPS) is 13.4. The summed E-state index contributed by atoms with van der Waals surface area (Å²) < 4.78 is 36.1. The van der Waals surface area contributed by atoms with Crippen LogP contribution in [0, 0.1) is 0 Å². The number of hydrogen-bond acceptors (Lipinski definition) is 5. The van der Waals surface area contributed by atoms with Gasteiger partial charge in [-0.1, -0.05) is 0 Å². The Balaban J connectivity index is 3.34. The molecule has 1 rings (SSSR count). The number of sulfonamides is 1. The third-order valence-corrected chi connectivity index (χ3v) is 4.91. The van der Waals surface area contributed by atoms with Gasteiger partial charge in [0.25, 0.3) is 0 Å². The van der Waals surface area contributed by atoms with Gasteiger partial charge >= 0.3 is 0 Å². The van der Waals surface area contributed by atoms with Gasteiger partial charge in [-0.2, -0.15) is 4.31 Å². The molecule has 1 aromatic carbocycles. The molecule has 19 heavy (non-hydrogen) atoms. The first-order valence-electron chi connectivity index (χ1n) is 5.69. The minimum absolute atomic E-state index is 0.0112. The van der Waals surface area contributed by atoms with Crippen molar-refractivity contribution >= 4 is 10.0 Å². The van der Waals surface area contributed by atoms with E-state index in [9.17, 15) is 8.42 Å². The van der Waals surface area contributed by atoms with Crippen molar-refractivity contribution in [3.63, 3.8) is 0 Å². The average Bonchev–Trinajstić information content (AvgIpc) is 2.44. The van der Waals surface area contributed by atoms with E-state index in [0.29, 0.717) is 5.75 Å². The second-order valence-electron chi connectivity index (χ2n) is 4.07. The number of nitrogens with zero attached hydrogens (tertiary/aromatic N) is 1. The predicted molar refractivity (Wildman–Crippen MR) is 71.0 cm³/mol. The summed E-state index contributed by atoms with van der Waals surface area (Å²) in [6.45, 7) is 1.35. The number of benzene rings is 1. The van der Waals surface area contributed by atoms with Gasteiger partial charge in [-0.15, -0.1) is 0 Å². The molecule has 7 heteroatoms. The van der Waals surface area contributed by atoms with Crippen LogP contribution < -0.4 is 9.47 Å². The van der Waals surface area contributed by atoms with E-state index < -0.39 is 16.1 Å². The molecule has 0 aliphatic rings. The summed E-state index contributed by atoms with van der Waals surface area (Å²) in [6.07, 6.45) is 0. The number of hydrogen-bond donors (Lipinski definition) is 1. The van der Waals surface area contributed by atoms with Gasteiger partial charge in [-0.05, 0) is 19.1 Å². The van der Waals surface area contributed by atoms with Gasteiger partial charge in [0.1, 0.15) is 16.4 Å². The minimum Gasteiger partial charge on any atom is -0.497 e. The molecule has 0 aliphatic heterocycles. The topological polar surface area (TPSA) is 76.1 Å². The molecule has 1 unspecified atom stereocenters. The minimum atomic E-state index is -3.76. The van der Waals surface area contributed by atoms with Crippen LogP contribution in [0.3, 0.4) is 0 Å². The quantitative estimate of drug-likeness (QED) is 0.834. The molecule has 0 amide bonds. The molecule has 1 atom stereocenters. The highest BCUT2D eigenvalue weighted by atomic mass is 32.2. The fourth-order valence-corrected chi connectivity index (χ4v) is 3.01. The third-order valence-electron chi connectivity index (χ3n) is 2.91. The molecule has 108 valence electrons. The van der Waals surface area contributed by atoms with Crippen LogP contribution in [0.15, 0.2) is 23.1 Å². The predicted octanol–water partition coefficient (Wildman–Crippen LogP) is 0.705. The molecule has 0 fully saturated rings. The van der Waals surface area contributed by atoms with Gasteiger partial charge in [-0.3, -0.25) is 0 Å². The van der Waals surface area contributed by atoms with E-state index in [1.807, 2.05) is 0 Å². The molecule has 6 nitrogen and oxygen atoms in total. The first-order chi connectivity index (χ1) is 8.88. The Kier molecular flexibility index (Phi) is 5.16. The molecule has 1 N–H and O–H groups in total. The Morgan fingerprint density at radius 2 is 1.95 bits per heavy atom. The summed E-state index contributed by atoms with van der Waals surface area (Å²) in [5, 5.41) is 9.08. The Morgan fingerprint density at radius 1 is 1.32 bits per heavy atom. The van der Waals surface area contributed by atoms with E-state index in [0.717, 1.165) is 4.31 Å². The molecule has 0 aromatic heterocycles. The van der Waals surface area contributed by atoms with Crippen molar-refractivity contribution in [1.82, 2.24) is 4.31 Å². The lowest BCUT2D eigenvalue weighted by Gasteiger charge is -2.23. The molecule has 0 bridgehead atoms. The van der Waals surface area contributed by atoms with Crippen molar-refractivity contribution in [3.8, 4) is 11.5 Å². The van der Waals surface area contributed by atoms with Gasteiger partial charge in [0.15, 0.2) is 0 Å². The van der Waals surface area contributed by atoms with Crippen molar-refractivity contribution < 1.29 is 23.0 Å². The molecule has 0 heterocycles. The van der Waals surface area contributed by atoms with E-state index >= 15 is 0 Å². The second kappa shape index (κ2) is 6.23. The van der Waals surface area contributed by atoms with Gasteiger partial charge < -0.3 is 14.6 Å². The van der Waals surface area contributed by atoms with Crippen molar-refractivity contribution in [1.29, 1.82) is 0 Å². The summed E-state index contributed by atoms with van der Waals surface area (Å²) in [6, 6.07) is 4.02. The van der Waals surface area contributed by atoms with Gasteiger partial charge in [-0.25, -0.2) is 8.42 Å². The van der Waals surface area contributed by atoms with E-state index in [-0.39, 0.29) is 17.3 Å². The van der Waals surface area contributed by atoms with Crippen molar-refractivity contribution in [3.05, 3.63) is 18.2 Å². The lowest BCUT2D eigenvalue weighted by Crippen LogP contribution is -2.37. The molecular weight excluding hydrogens is 270 g/mol. The molecule has 1 aromatic rings. The van der Waals surface area contributed by atoms with Gasteiger partial charge in [0.05, 0.1) is 20.8 Å². The van der Waals surface area contributed by atoms with Crippen molar-refractivity contribution in [2.45, 2.75) is 17.9 Å². The van der Waals surface area contributed by atoms with E-state index in [4.69, 9.17) is 14.6 Å². The number of rotatable bonds is 6. The van der Waals surface area contributed by atoms with E-state index in [1.165, 1.54) is 33.4 Å². The fraction of sp³-hybridized carbons (Fsp3) is 0.500. The maximum absolute atomic E-state index is 12.5. The van der Waals surface area contributed by atoms with E-state index in [1.54, 1.807) is 13.0 Å². The van der Waals surface area contributed by atoms with Crippen molar-refractivity contribution in [2.24, 2.45) is 0 Å². The van der Waals surface area contributed by atoms with Crippen LogP contribution >= 0.6 is 0 Å². The zero-order chi connectivity index (χ0) is 14.6. The van der Waals surface area contributed by atoms with Gasteiger partial charge in [0, 0.05) is 19.2 Å². The van der Waals surface area contributed by atoms with Crippen LogP contribution in [-0.2, 0) is 10.0 Å². The average molecular weight is 289 g/mol. The first kappa shape index (κ1) is 15.7. The smallest absolute Gasteiger partial charge is 0.246 e. The molecule has 0 spiro atoms.